The number of hydrogen-bond acceptors (Lipinski definition) is 0. The van der Waals surface area contributed by atoms with Crippen molar-refractivity contribution in [3.8, 4) is 5.69 Å². The van der Waals surface area contributed by atoms with Crippen molar-refractivity contribution in [1.29, 1.82) is 0 Å². The summed E-state index contributed by atoms with van der Waals surface area (Å²) in [5, 5.41) is 1.40. The minimum Gasteiger partial charge on any atom is -0.322 e. The van der Waals surface area contributed by atoms with Crippen molar-refractivity contribution >= 4 is 23.2 Å². The lowest BCUT2D eigenvalue weighted by molar-refractivity contribution is 1.08. The first-order valence-electron chi connectivity index (χ1n) is 4.28. The molecule has 0 unspecified atom stereocenters. The Morgan fingerprint density at radius 2 is 1.71 bits per heavy atom. The molecule has 0 saturated heterocycles. The number of rotatable bonds is 1. The summed E-state index contributed by atoms with van der Waals surface area (Å²) in [5.41, 5.74) is 1.87. The summed E-state index contributed by atoms with van der Waals surface area (Å²) >= 11 is 12.1. The van der Waals surface area contributed by atoms with Gasteiger partial charge in [-0.15, -0.1) is 0 Å². The van der Waals surface area contributed by atoms with Crippen LogP contribution in [0.4, 0.5) is 0 Å². The standard InChI is InChI=1S/C11H9Cl2N/c1-8-9(12)4-5-10(11(8)13)14-6-2-3-7-14/h2-7H,1H3. The molecule has 72 valence electrons. The average Bonchev–Trinajstić information content (AvgIpc) is 2.67. The molecular formula is C11H9Cl2N. The van der Waals surface area contributed by atoms with E-state index in [1.807, 2.05) is 48.1 Å². The molecule has 0 N–H and O–H groups in total. The van der Waals surface area contributed by atoms with Crippen molar-refractivity contribution in [3.63, 3.8) is 0 Å². The van der Waals surface area contributed by atoms with Gasteiger partial charge in [0, 0.05) is 17.4 Å². The molecule has 0 bridgehead atoms. The van der Waals surface area contributed by atoms with Crippen LogP contribution < -0.4 is 0 Å². The van der Waals surface area contributed by atoms with E-state index in [-0.39, 0.29) is 0 Å². The Kier molecular flexibility index (Phi) is 2.53. The molecule has 14 heavy (non-hydrogen) atoms. The van der Waals surface area contributed by atoms with E-state index in [9.17, 15) is 0 Å². The zero-order valence-electron chi connectivity index (χ0n) is 7.67. The van der Waals surface area contributed by atoms with E-state index in [4.69, 9.17) is 23.2 Å². The minimum atomic E-state index is 0.700. The third-order valence-electron chi connectivity index (χ3n) is 2.18. The second-order valence-electron chi connectivity index (χ2n) is 3.10. The van der Waals surface area contributed by atoms with Crippen LogP contribution in [0.3, 0.4) is 0 Å². The Bertz CT molecular complexity index is 447. The monoisotopic (exact) mass is 225 g/mol. The van der Waals surface area contributed by atoms with Crippen LogP contribution in [0.25, 0.3) is 5.69 Å². The van der Waals surface area contributed by atoms with E-state index >= 15 is 0 Å². The Morgan fingerprint density at radius 3 is 2.36 bits per heavy atom. The normalized spacial score (nSPS) is 10.5. The van der Waals surface area contributed by atoms with Gasteiger partial charge in [-0.25, -0.2) is 0 Å². The van der Waals surface area contributed by atoms with E-state index in [2.05, 4.69) is 0 Å². The van der Waals surface area contributed by atoms with Gasteiger partial charge < -0.3 is 4.57 Å². The predicted molar refractivity (Wildman–Crippen MR) is 60.5 cm³/mol. The van der Waals surface area contributed by atoms with Crippen LogP contribution in [0.1, 0.15) is 5.56 Å². The van der Waals surface area contributed by atoms with Crippen LogP contribution >= 0.6 is 23.2 Å². The van der Waals surface area contributed by atoms with Crippen molar-refractivity contribution in [2.75, 3.05) is 0 Å². The van der Waals surface area contributed by atoms with Gasteiger partial charge in [-0.3, -0.25) is 0 Å². The molecule has 0 aliphatic carbocycles. The third kappa shape index (κ3) is 1.54. The maximum Gasteiger partial charge on any atom is 0.0690 e. The highest BCUT2D eigenvalue weighted by molar-refractivity contribution is 6.37. The lowest BCUT2D eigenvalue weighted by Crippen LogP contribution is -1.92. The molecule has 0 aliphatic rings. The summed E-state index contributed by atoms with van der Waals surface area (Å²) in [4.78, 5) is 0. The summed E-state index contributed by atoms with van der Waals surface area (Å²) < 4.78 is 1.96. The van der Waals surface area contributed by atoms with Gasteiger partial charge in [-0.1, -0.05) is 23.2 Å². The van der Waals surface area contributed by atoms with Crippen molar-refractivity contribution < 1.29 is 0 Å². The van der Waals surface area contributed by atoms with Crippen LogP contribution in [0, 0.1) is 6.92 Å². The van der Waals surface area contributed by atoms with Crippen LogP contribution in [0.5, 0.6) is 0 Å². The second-order valence-corrected chi connectivity index (χ2v) is 3.88. The predicted octanol–water partition coefficient (Wildman–Crippen LogP) is 4.09. The van der Waals surface area contributed by atoms with Gasteiger partial charge >= 0.3 is 0 Å². The highest BCUT2D eigenvalue weighted by atomic mass is 35.5. The van der Waals surface area contributed by atoms with Crippen LogP contribution in [0.15, 0.2) is 36.7 Å². The van der Waals surface area contributed by atoms with E-state index in [1.165, 1.54) is 0 Å². The zero-order valence-corrected chi connectivity index (χ0v) is 9.18. The lowest BCUT2D eigenvalue weighted by atomic mass is 10.2. The molecular weight excluding hydrogens is 217 g/mol. The summed E-state index contributed by atoms with van der Waals surface area (Å²) in [5.74, 6) is 0. The molecule has 1 heterocycles. The molecule has 0 aliphatic heterocycles. The van der Waals surface area contributed by atoms with Gasteiger partial charge in [0.05, 0.1) is 10.7 Å². The first-order valence-corrected chi connectivity index (χ1v) is 5.03. The summed E-state index contributed by atoms with van der Waals surface area (Å²) in [6.45, 7) is 1.91. The molecule has 3 heteroatoms. The fourth-order valence-corrected chi connectivity index (χ4v) is 1.81. The Morgan fingerprint density at radius 1 is 1.07 bits per heavy atom. The quantitative estimate of drug-likeness (QED) is 0.690. The van der Waals surface area contributed by atoms with Gasteiger partial charge in [0.1, 0.15) is 0 Å². The van der Waals surface area contributed by atoms with Crippen molar-refractivity contribution in [3.05, 3.63) is 52.3 Å². The topological polar surface area (TPSA) is 4.93 Å². The van der Waals surface area contributed by atoms with E-state index in [0.717, 1.165) is 11.3 Å². The van der Waals surface area contributed by atoms with E-state index in [1.54, 1.807) is 0 Å². The van der Waals surface area contributed by atoms with Crippen molar-refractivity contribution in [1.82, 2.24) is 4.57 Å². The molecule has 2 aromatic rings. The molecule has 1 nitrogen and oxygen atoms in total. The molecule has 2 rings (SSSR count). The summed E-state index contributed by atoms with van der Waals surface area (Å²) in [6.07, 6.45) is 3.91. The highest BCUT2D eigenvalue weighted by Crippen LogP contribution is 2.29. The van der Waals surface area contributed by atoms with Gasteiger partial charge in [-0.05, 0) is 36.8 Å². The molecule has 0 spiro atoms. The maximum absolute atomic E-state index is 6.18. The maximum atomic E-state index is 6.18. The lowest BCUT2D eigenvalue weighted by Gasteiger charge is -2.09. The third-order valence-corrected chi connectivity index (χ3v) is 3.07. The van der Waals surface area contributed by atoms with Gasteiger partial charge in [0.25, 0.3) is 0 Å². The number of aromatic nitrogens is 1. The molecule has 1 aromatic carbocycles. The molecule has 0 radical (unpaired) electrons. The van der Waals surface area contributed by atoms with E-state index in [0.29, 0.717) is 10.0 Å². The van der Waals surface area contributed by atoms with Crippen LogP contribution in [-0.4, -0.2) is 4.57 Å². The fourth-order valence-electron chi connectivity index (χ4n) is 1.34. The van der Waals surface area contributed by atoms with E-state index < -0.39 is 0 Å². The number of nitrogens with zero attached hydrogens (tertiary/aromatic N) is 1. The largest absolute Gasteiger partial charge is 0.322 e. The van der Waals surface area contributed by atoms with Crippen LogP contribution in [-0.2, 0) is 0 Å². The first kappa shape index (κ1) is 9.63. The van der Waals surface area contributed by atoms with Gasteiger partial charge in [0.15, 0.2) is 0 Å². The van der Waals surface area contributed by atoms with Crippen molar-refractivity contribution in [2.45, 2.75) is 6.92 Å². The molecule has 0 saturated carbocycles. The Labute approximate surface area is 92.9 Å². The Hall–Kier alpha value is -0.920. The Balaban J connectivity index is 2.61. The molecule has 0 fully saturated rings. The zero-order chi connectivity index (χ0) is 10.1. The summed E-state index contributed by atoms with van der Waals surface area (Å²) in [7, 11) is 0. The minimum absolute atomic E-state index is 0.700. The van der Waals surface area contributed by atoms with Gasteiger partial charge in [-0.2, -0.15) is 0 Å². The SMILES string of the molecule is Cc1c(Cl)ccc(-n2cccc2)c1Cl. The smallest absolute Gasteiger partial charge is 0.0690 e. The number of halogens is 2. The van der Waals surface area contributed by atoms with Crippen LogP contribution in [0.2, 0.25) is 10.0 Å². The van der Waals surface area contributed by atoms with Gasteiger partial charge in [0.2, 0.25) is 0 Å². The van der Waals surface area contributed by atoms with Crippen molar-refractivity contribution in [2.24, 2.45) is 0 Å². The average molecular weight is 226 g/mol. The second kappa shape index (κ2) is 3.68. The fraction of sp³-hybridized carbons (Fsp3) is 0.0909. The first-order chi connectivity index (χ1) is 6.70. The highest BCUT2D eigenvalue weighted by Gasteiger charge is 2.07. The number of hydrogen-bond donors (Lipinski definition) is 0. The molecule has 1 aromatic heterocycles. The number of benzene rings is 1. The molecule has 0 atom stereocenters. The molecule has 0 amide bonds. The summed E-state index contributed by atoms with van der Waals surface area (Å²) in [6, 6.07) is 7.69.